The molecule has 0 radical (unpaired) electrons. The third kappa shape index (κ3) is 2.74. The van der Waals surface area contributed by atoms with E-state index in [9.17, 15) is 4.79 Å². The Bertz CT molecular complexity index is 1080. The summed E-state index contributed by atoms with van der Waals surface area (Å²) in [6.07, 6.45) is 0. The summed E-state index contributed by atoms with van der Waals surface area (Å²) >= 11 is 5.87. The Hall–Kier alpha value is -2.78. The Morgan fingerprint density at radius 1 is 0.875 bits per heavy atom. The number of hydrogen-bond acceptors (Lipinski definition) is 3. The van der Waals surface area contributed by atoms with E-state index in [0.717, 1.165) is 16.3 Å². The fraction of sp³-hybridized carbons (Fsp3) is 0.0500. The smallest absolute Gasteiger partial charge is 0.344 e. The SMILES string of the molecule is O=c1oc2cc(OCc3ccc(Cl)cc3)ccc2c2ccccc12. The van der Waals surface area contributed by atoms with Gasteiger partial charge in [0.1, 0.15) is 17.9 Å². The molecule has 4 rings (SSSR count). The lowest BCUT2D eigenvalue weighted by Gasteiger charge is -2.08. The first-order valence-electron chi connectivity index (χ1n) is 7.53. The van der Waals surface area contributed by atoms with E-state index in [4.69, 9.17) is 20.8 Å². The molecule has 118 valence electrons. The Morgan fingerprint density at radius 2 is 1.62 bits per heavy atom. The molecule has 1 heterocycles. The normalized spacial score (nSPS) is 11.0. The van der Waals surface area contributed by atoms with Gasteiger partial charge in [0.15, 0.2) is 0 Å². The van der Waals surface area contributed by atoms with E-state index in [-0.39, 0.29) is 5.63 Å². The van der Waals surface area contributed by atoms with Crippen LogP contribution in [0.3, 0.4) is 0 Å². The van der Waals surface area contributed by atoms with E-state index in [0.29, 0.717) is 28.3 Å². The first-order valence-corrected chi connectivity index (χ1v) is 7.91. The van der Waals surface area contributed by atoms with Gasteiger partial charge in [0, 0.05) is 16.5 Å². The topological polar surface area (TPSA) is 39.4 Å². The van der Waals surface area contributed by atoms with Gasteiger partial charge in [-0.1, -0.05) is 41.9 Å². The van der Waals surface area contributed by atoms with Crippen LogP contribution >= 0.6 is 11.6 Å². The van der Waals surface area contributed by atoms with E-state index in [1.165, 1.54) is 0 Å². The highest BCUT2D eigenvalue weighted by molar-refractivity contribution is 6.30. The van der Waals surface area contributed by atoms with Gasteiger partial charge in [0.05, 0.1) is 5.39 Å². The molecule has 3 aromatic carbocycles. The van der Waals surface area contributed by atoms with Crippen molar-refractivity contribution in [3.05, 3.63) is 87.7 Å². The van der Waals surface area contributed by atoms with Crippen LogP contribution < -0.4 is 10.4 Å². The maximum absolute atomic E-state index is 12.1. The number of hydrogen-bond donors (Lipinski definition) is 0. The van der Waals surface area contributed by atoms with Crippen LogP contribution in [0, 0.1) is 0 Å². The van der Waals surface area contributed by atoms with Gasteiger partial charge >= 0.3 is 5.63 Å². The van der Waals surface area contributed by atoms with Gasteiger partial charge in [0.25, 0.3) is 0 Å². The highest BCUT2D eigenvalue weighted by Gasteiger charge is 2.08. The summed E-state index contributed by atoms with van der Waals surface area (Å²) in [5.74, 6) is 0.649. The zero-order chi connectivity index (χ0) is 16.5. The van der Waals surface area contributed by atoms with Crippen molar-refractivity contribution in [2.45, 2.75) is 6.61 Å². The molecule has 0 saturated carbocycles. The van der Waals surface area contributed by atoms with Crippen molar-refractivity contribution < 1.29 is 9.15 Å². The van der Waals surface area contributed by atoms with Crippen LogP contribution in [-0.4, -0.2) is 0 Å². The van der Waals surface area contributed by atoms with Crippen molar-refractivity contribution in [1.82, 2.24) is 0 Å². The van der Waals surface area contributed by atoms with Crippen LogP contribution in [0.1, 0.15) is 5.56 Å². The molecule has 0 N–H and O–H groups in total. The molecule has 0 fully saturated rings. The minimum Gasteiger partial charge on any atom is -0.489 e. The summed E-state index contributed by atoms with van der Waals surface area (Å²) in [6, 6.07) is 20.4. The molecule has 0 aliphatic rings. The lowest BCUT2D eigenvalue weighted by atomic mass is 10.1. The average molecular weight is 337 g/mol. The molecule has 4 heteroatoms. The third-order valence-corrected chi connectivity index (χ3v) is 4.16. The fourth-order valence-corrected chi connectivity index (χ4v) is 2.82. The first kappa shape index (κ1) is 14.8. The molecule has 0 bridgehead atoms. The van der Waals surface area contributed by atoms with Gasteiger partial charge in [0.2, 0.25) is 0 Å². The Balaban J connectivity index is 1.69. The van der Waals surface area contributed by atoms with Gasteiger partial charge in [-0.2, -0.15) is 0 Å². The monoisotopic (exact) mass is 336 g/mol. The van der Waals surface area contributed by atoms with E-state index < -0.39 is 0 Å². The molecule has 0 aliphatic heterocycles. The number of benzene rings is 3. The third-order valence-electron chi connectivity index (χ3n) is 3.91. The van der Waals surface area contributed by atoms with Crippen molar-refractivity contribution in [3.63, 3.8) is 0 Å². The summed E-state index contributed by atoms with van der Waals surface area (Å²) in [7, 11) is 0. The number of ether oxygens (including phenoxy) is 1. The average Bonchev–Trinajstić information content (AvgIpc) is 2.61. The summed E-state index contributed by atoms with van der Waals surface area (Å²) < 4.78 is 11.2. The van der Waals surface area contributed by atoms with E-state index in [1.807, 2.05) is 54.6 Å². The van der Waals surface area contributed by atoms with Crippen LogP contribution in [0.2, 0.25) is 5.02 Å². The molecule has 0 saturated heterocycles. The molecule has 3 nitrogen and oxygen atoms in total. The summed E-state index contributed by atoms with van der Waals surface area (Å²) in [5, 5.41) is 3.05. The van der Waals surface area contributed by atoms with Crippen LogP contribution in [0.15, 0.2) is 75.9 Å². The summed E-state index contributed by atoms with van der Waals surface area (Å²) in [4.78, 5) is 12.1. The molecule has 0 unspecified atom stereocenters. The number of rotatable bonds is 3. The van der Waals surface area contributed by atoms with Crippen LogP contribution in [0.5, 0.6) is 5.75 Å². The highest BCUT2D eigenvalue weighted by Crippen LogP contribution is 2.26. The Labute approximate surface area is 143 Å². The summed E-state index contributed by atoms with van der Waals surface area (Å²) in [6.45, 7) is 0.417. The van der Waals surface area contributed by atoms with Gasteiger partial charge in [-0.15, -0.1) is 0 Å². The second-order valence-corrected chi connectivity index (χ2v) is 5.94. The molecule has 0 amide bonds. The Morgan fingerprint density at radius 3 is 2.42 bits per heavy atom. The number of fused-ring (bicyclic) bond motifs is 3. The molecule has 4 aromatic rings. The maximum Gasteiger partial charge on any atom is 0.344 e. The second kappa shape index (κ2) is 6.02. The largest absolute Gasteiger partial charge is 0.489 e. The van der Waals surface area contributed by atoms with Gasteiger partial charge in [-0.25, -0.2) is 4.79 Å². The van der Waals surface area contributed by atoms with Gasteiger partial charge in [-0.05, 0) is 41.3 Å². The van der Waals surface area contributed by atoms with Crippen molar-refractivity contribution in [3.8, 4) is 5.75 Å². The van der Waals surface area contributed by atoms with E-state index >= 15 is 0 Å². The molecule has 0 atom stereocenters. The maximum atomic E-state index is 12.1. The molecular formula is C20H13ClO3. The lowest BCUT2D eigenvalue weighted by Crippen LogP contribution is -2.00. The van der Waals surface area contributed by atoms with Crippen molar-refractivity contribution >= 4 is 33.3 Å². The van der Waals surface area contributed by atoms with Crippen molar-refractivity contribution in [2.24, 2.45) is 0 Å². The lowest BCUT2D eigenvalue weighted by molar-refractivity contribution is 0.306. The minimum absolute atomic E-state index is 0.340. The second-order valence-electron chi connectivity index (χ2n) is 5.51. The quantitative estimate of drug-likeness (QED) is 0.382. The molecule has 1 aromatic heterocycles. The predicted molar refractivity (Wildman–Crippen MR) is 95.8 cm³/mol. The Kier molecular flexibility index (Phi) is 3.71. The molecular weight excluding hydrogens is 324 g/mol. The molecule has 0 spiro atoms. The van der Waals surface area contributed by atoms with Crippen LogP contribution in [0.25, 0.3) is 21.7 Å². The predicted octanol–water partition coefficient (Wildman–Crippen LogP) is 5.18. The zero-order valence-electron chi connectivity index (χ0n) is 12.7. The highest BCUT2D eigenvalue weighted by atomic mass is 35.5. The van der Waals surface area contributed by atoms with Crippen LogP contribution in [-0.2, 0) is 6.61 Å². The molecule has 0 aliphatic carbocycles. The molecule has 24 heavy (non-hydrogen) atoms. The first-order chi connectivity index (χ1) is 11.7. The van der Waals surface area contributed by atoms with Gasteiger partial charge in [-0.3, -0.25) is 0 Å². The fourth-order valence-electron chi connectivity index (χ4n) is 2.70. The standard InChI is InChI=1S/C20H13ClO3/c21-14-7-5-13(6-8-14)12-23-15-9-10-17-16-3-1-2-4-18(16)20(22)24-19(17)11-15/h1-11H,12H2. The zero-order valence-corrected chi connectivity index (χ0v) is 13.4. The van der Waals surface area contributed by atoms with Crippen molar-refractivity contribution in [1.29, 1.82) is 0 Å². The van der Waals surface area contributed by atoms with Crippen LogP contribution in [0.4, 0.5) is 0 Å². The van der Waals surface area contributed by atoms with Crippen molar-refractivity contribution in [2.75, 3.05) is 0 Å². The van der Waals surface area contributed by atoms with E-state index in [2.05, 4.69) is 0 Å². The minimum atomic E-state index is -0.340. The number of halogens is 1. The van der Waals surface area contributed by atoms with E-state index in [1.54, 1.807) is 12.1 Å². The van der Waals surface area contributed by atoms with Gasteiger partial charge < -0.3 is 9.15 Å². The summed E-state index contributed by atoms with van der Waals surface area (Å²) in [5.41, 5.74) is 1.19.